The van der Waals surface area contributed by atoms with E-state index < -0.39 is 4.32 Å². The maximum atomic E-state index is 11.9. The van der Waals surface area contributed by atoms with Gasteiger partial charge < -0.3 is 5.32 Å². The van der Waals surface area contributed by atoms with Crippen LogP contribution in [0.2, 0.25) is 0 Å². The molecule has 0 fully saturated rings. The van der Waals surface area contributed by atoms with Crippen LogP contribution in [-0.2, 0) is 4.79 Å². The van der Waals surface area contributed by atoms with Gasteiger partial charge in [-0.05, 0) is 33.8 Å². The lowest BCUT2D eigenvalue weighted by Gasteiger charge is -2.15. The number of carbonyl (C=O) groups excluding carboxylic acids is 1. The molecule has 1 amide bonds. The molecule has 2 rings (SSSR count). The molecule has 0 aromatic carbocycles. The molecule has 2 aromatic heterocycles. The summed E-state index contributed by atoms with van der Waals surface area (Å²) in [6.45, 7) is 7.70. The van der Waals surface area contributed by atoms with Crippen LogP contribution in [0.5, 0.6) is 0 Å². The first-order chi connectivity index (χ1) is 8.79. The van der Waals surface area contributed by atoms with Gasteiger partial charge in [0.15, 0.2) is 5.65 Å². The molecule has 0 radical (unpaired) electrons. The van der Waals surface area contributed by atoms with Crippen molar-refractivity contribution in [2.24, 2.45) is 0 Å². The maximum Gasteiger partial charge on any atom is 0.240 e. The molecule has 102 valence electrons. The minimum Gasteiger partial charge on any atom is -0.323 e. The van der Waals surface area contributed by atoms with E-state index in [0.29, 0.717) is 5.69 Å². The Morgan fingerprint density at radius 2 is 2.11 bits per heavy atom. The Labute approximate surface area is 120 Å². The van der Waals surface area contributed by atoms with E-state index in [0.717, 1.165) is 11.0 Å². The number of aromatic nitrogens is 3. The van der Waals surface area contributed by atoms with E-state index in [4.69, 9.17) is 0 Å². The summed E-state index contributed by atoms with van der Waals surface area (Å²) in [5.41, 5.74) is 1.50. The lowest BCUT2D eigenvalue weighted by Crippen LogP contribution is -2.30. The second-order valence-corrected chi connectivity index (χ2v) is 7.23. The number of nitrogens with one attached hydrogen (secondary N) is 1. The third-order valence-corrected chi connectivity index (χ3v) is 3.08. The zero-order chi connectivity index (χ0) is 14.2. The number of amides is 1. The van der Waals surface area contributed by atoms with Crippen LogP contribution in [0.15, 0.2) is 18.5 Å². The van der Waals surface area contributed by atoms with Crippen LogP contribution >= 0.6 is 15.9 Å². The number of nitrogens with zero attached hydrogens (tertiary/aromatic N) is 3. The van der Waals surface area contributed by atoms with Gasteiger partial charge in [-0.2, -0.15) is 5.10 Å². The number of halogens is 1. The van der Waals surface area contributed by atoms with Gasteiger partial charge in [-0.25, -0.2) is 9.67 Å². The number of fused-ring (bicyclic) bond motifs is 1. The van der Waals surface area contributed by atoms with Crippen molar-refractivity contribution in [3.8, 4) is 0 Å². The van der Waals surface area contributed by atoms with Gasteiger partial charge in [-0.15, -0.1) is 0 Å². The normalized spacial score (nSPS) is 12.1. The summed E-state index contributed by atoms with van der Waals surface area (Å²) in [5.74, 6) is -0.107. The Bertz CT molecular complexity index is 613. The van der Waals surface area contributed by atoms with Crippen LogP contribution in [-0.4, -0.2) is 25.0 Å². The molecule has 5 nitrogen and oxygen atoms in total. The zero-order valence-electron chi connectivity index (χ0n) is 11.4. The average Bonchev–Trinajstić information content (AvgIpc) is 2.70. The predicted octanol–water partition coefficient (Wildman–Crippen LogP) is 3.12. The fraction of sp³-hybridized carbons (Fsp3) is 0.462. The summed E-state index contributed by atoms with van der Waals surface area (Å²) in [6.07, 6.45) is 3.41. The maximum absolute atomic E-state index is 11.9. The standard InChI is InChI=1S/C13H17BrN4O/c1-8(2)18-11-9(6-16-18)5-10(7-15-11)17-12(19)13(3,4)14/h5-8H,1-4H3,(H,17,19). The highest BCUT2D eigenvalue weighted by Gasteiger charge is 2.23. The quantitative estimate of drug-likeness (QED) is 0.882. The number of anilines is 1. The van der Waals surface area contributed by atoms with Gasteiger partial charge in [0, 0.05) is 11.4 Å². The van der Waals surface area contributed by atoms with Crippen molar-refractivity contribution in [1.82, 2.24) is 14.8 Å². The Kier molecular flexibility index (Phi) is 3.62. The van der Waals surface area contributed by atoms with Gasteiger partial charge in [0.2, 0.25) is 5.91 Å². The van der Waals surface area contributed by atoms with Crippen molar-refractivity contribution < 1.29 is 4.79 Å². The lowest BCUT2D eigenvalue weighted by atomic mass is 10.2. The minimum atomic E-state index is -0.607. The number of rotatable bonds is 3. The van der Waals surface area contributed by atoms with E-state index in [1.807, 2.05) is 10.7 Å². The van der Waals surface area contributed by atoms with Gasteiger partial charge in [0.05, 0.1) is 22.4 Å². The number of pyridine rings is 1. The molecule has 0 unspecified atom stereocenters. The Morgan fingerprint density at radius 1 is 1.42 bits per heavy atom. The first kappa shape index (κ1) is 14.0. The zero-order valence-corrected chi connectivity index (χ0v) is 13.0. The van der Waals surface area contributed by atoms with Crippen molar-refractivity contribution >= 4 is 38.6 Å². The highest BCUT2D eigenvalue weighted by Crippen LogP contribution is 2.22. The number of hydrogen-bond acceptors (Lipinski definition) is 3. The van der Waals surface area contributed by atoms with Crippen molar-refractivity contribution in [2.45, 2.75) is 38.1 Å². The largest absolute Gasteiger partial charge is 0.323 e. The first-order valence-corrected chi connectivity index (χ1v) is 6.92. The van der Waals surface area contributed by atoms with Crippen molar-refractivity contribution in [2.75, 3.05) is 5.32 Å². The molecule has 0 atom stereocenters. The molecule has 2 aromatic rings. The van der Waals surface area contributed by atoms with Crippen LogP contribution < -0.4 is 5.32 Å². The molecule has 19 heavy (non-hydrogen) atoms. The topological polar surface area (TPSA) is 59.8 Å². The Morgan fingerprint density at radius 3 is 2.68 bits per heavy atom. The summed E-state index contributed by atoms with van der Waals surface area (Å²) in [7, 11) is 0. The minimum absolute atomic E-state index is 0.107. The molecular weight excluding hydrogens is 308 g/mol. The first-order valence-electron chi connectivity index (χ1n) is 6.12. The Hall–Kier alpha value is -1.43. The molecule has 2 heterocycles. The van der Waals surface area contributed by atoms with Gasteiger partial charge in [0.25, 0.3) is 0 Å². The highest BCUT2D eigenvalue weighted by molar-refractivity contribution is 9.10. The summed E-state index contributed by atoms with van der Waals surface area (Å²) in [5, 5.41) is 8.04. The van der Waals surface area contributed by atoms with E-state index in [9.17, 15) is 4.79 Å². The molecule has 0 spiro atoms. The average molecular weight is 325 g/mol. The van der Waals surface area contributed by atoms with Gasteiger partial charge >= 0.3 is 0 Å². The fourth-order valence-corrected chi connectivity index (χ4v) is 1.77. The van der Waals surface area contributed by atoms with E-state index in [1.165, 1.54) is 0 Å². The van der Waals surface area contributed by atoms with Crippen LogP contribution in [0.3, 0.4) is 0 Å². The highest BCUT2D eigenvalue weighted by atomic mass is 79.9. The van der Waals surface area contributed by atoms with Crippen molar-refractivity contribution in [3.63, 3.8) is 0 Å². The van der Waals surface area contributed by atoms with Crippen LogP contribution in [0, 0.1) is 0 Å². The smallest absolute Gasteiger partial charge is 0.240 e. The number of carbonyl (C=O) groups is 1. The Balaban J connectivity index is 2.31. The fourth-order valence-electron chi connectivity index (χ4n) is 1.67. The van der Waals surface area contributed by atoms with Gasteiger partial charge in [0.1, 0.15) is 0 Å². The van der Waals surface area contributed by atoms with Gasteiger partial charge in [-0.1, -0.05) is 15.9 Å². The lowest BCUT2D eigenvalue weighted by molar-refractivity contribution is -0.117. The van der Waals surface area contributed by atoms with Crippen molar-refractivity contribution in [1.29, 1.82) is 0 Å². The second kappa shape index (κ2) is 4.92. The molecule has 0 bridgehead atoms. The molecule has 0 saturated heterocycles. The molecule has 0 aliphatic heterocycles. The van der Waals surface area contributed by atoms with E-state index in [-0.39, 0.29) is 11.9 Å². The third kappa shape index (κ3) is 2.94. The monoisotopic (exact) mass is 324 g/mol. The summed E-state index contributed by atoms with van der Waals surface area (Å²) >= 11 is 3.33. The number of hydrogen-bond donors (Lipinski definition) is 1. The van der Waals surface area contributed by atoms with E-state index >= 15 is 0 Å². The summed E-state index contributed by atoms with van der Waals surface area (Å²) in [4.78, 5) is 16.2. The van der Waals surface area contributed by atoms with Crippen LogP contribution in [0.1, 0.15) is 33.7 Å². The predicted molar refractivity (Wildman–Crippen MR) is 79.5 cm³/mol. The third-order valence-electron chi connectivity index (χ3n) is 2.72. The summed E-state index contributed by atoms with van der Waals surface area (Å²) < 4.78 is 1.25. The molecule has 6 heteroatoms. The number of alkyl halides is 1. The van der Waals surface area contributed by atoms with Crippen LogP contribution in [0.4, 0.5) is 5.69 Å². The SMILES string of the molecule is CC(C)n1ncc2cc(NC(=O)C(C)(C)Br)cnc21. The van der Waals surface area contributed by atoms with E-state index in [2.05, 4.69) is 45.2 Å². The molecule has 0 aliphatic rings. The van der Waals surface area contributed by atoms with E-state index in [1.54, 1.807) is 26.2 Å². The molecule has 1 N–H and O–H groups in total. The molecule has 0 aliphatic carbocycles. The van der Waals surface area contributed by atoms with Crippen LogP contribution in [0.25, 0.3) is 11.0 Å². The molecular formula is C13H17BrN4O. The van der Waals surface area contributed by atoms with Crippen molar-refractivity contribution in [3.05, 3.63) is 18.5 Å². The summed E-state index contributed by atoms with van der Waals surface area (Å²) in [6, 6.07) is 2.14. The molecule has 0 saturated carbocycles. The second-order valence-electron chi connectivity index (χ2n) is 5.25. The van der Waals surface area contributed by atoms with Gasteiger partial charge in [-0.3, -0.25) is 4.79 Å².